The molecule has 35 heavy (non-hydrogen) atoms. The van der Waals surface area contributed by atoms with Gasteiger partial charge in [0.25, 0.3) is 11.5 Å². The van der Waals surface area contributed by atoms with Gasteiger partial charge in [0.1, 0.15) is 11.3 Å². The number of hydrogen-bond donors (Lipinski definition) is 1. The second kappa shape index (κ2) is 10.2. The van der Waals surface area contributed by atoms with Gasteiger partial charge in [0.2, 0.25) is 0 Å². The van der Waals surface area contributed by atoms with Crippen molar-refractivity contribution < 1.29 is 14.3 Å². The largest absolute Gasteiger partial charge is 0.444 e. The van der Waals surface area contributed by atoms with Gasteiger partial charge < -0.3 is 24.1 Å². The molecule has 2 amide bonds. The second-order valence-corrected chi connectivity index (χ2v) is 9.82. The number of benzene rings is 1. The molecule has 1 fully saturated rings. The van der Waals surface area contributed by atoms with E-state index in [1.54, 1.807) is 21.7 Å². The fourth-order valence-corrected chi connectivity index (χ4v) is 4.23. The molecular formula is C27H32N4O4. The summed E-state index contributed by atoms with van der Waals surface area (Å²) in [6.07, 6.45) is 4.89. The SMILES string of the molecule is CC(C)(C)OC(=O)N1CCC(n2cccc2C(=O)Nc2ccc(Cn3ccccc3=O)cc2)CC1. The van der Waals surface area contributed by atoms with Crippen molar-refractivity contribution in [2.45, 2.75) is 51.8 Å². The predicted octanol–water partition coefficient (Wildman–Crippen LogP) is 4.52. The molecule has 1 aliphatic rings. The van der Waals surface area contributed by atoms with Crippen molar-refractivity contribution in [2.24, 2.45) is 0 Å². The molecule has 0 aliphatic carbocycles. The smallest absolute Gasteiger partial charge is 0.410 e. The third-order valence-corrected chi connectivity index (χ3v) is 5.98. The first kappa shape index (κ1) is 24.3. The summed E-state index contributed by atoms with van der Waals surface area (Å²) in [5.41, 5.74) is 1.67. The first-order chi connectivity index (χ1) is 16.7. The van der Waals surface area contributed by atoms with Crippen LogP contribution >= 0.6 is 0 Å². The molecule has 0 unspecified atom stereocenters. The lowest BCUT2D eigenvalue weighted by atomic mass is 10.0. The Kier molecular flexibility index (Phi) is 7.10. The molecule has 0 saturated carbocycles. The molecule has 3 aromatic rings. The summed E-state index contributed by atoms with van der Waals surface area (Å²) in [5.74, 6) is -0.184. The molecular weight excluding hydrogens is 444 g/mol. The van der Waals surface area contributed by atoms with Gasteiger partial charge in [-0.3, -0.25) is 9.59 Å². The number of piperidine rings is 1. The lowest BCUT2D eigenvalue weighted by Gasteiger charge is -2.34. The van der Waals surface area contributed by atoms with Crippen LogP contribution in [0.5, 0.6) is 0 Å². The zero-order chi connectivity index (χ0) is 25.0. The highest BCUT2D eigenvalue weighted by Gasteiger charge is 2.28. The van der Waals surface area contributed by atoms with Gasteiger partial charge in [-0.05, 0) is 69.5 Å². The van der Waals surface area contributed by atoms with Crippen molar-refractivity contribution in [3.05, 3.63) is 88.6 Å². The number of nitrogens with one attached hydrogen (secondary N) is 1. The number of aromatic nitrogens is 2. The second-order valence-electron chi connectivity index (χ2n) is 9.82. The van der Waals surface area contributed by atoms with Gasteiger partial charge in [0.15, 0.2) is 0 Å². The molecule has 8 nitrogen and oxygen atoms in total. The maximum atomic E-state index is 13.0. The van der Waals surface area contributed by atoms with E-state index < -0.39 is 5.60 Å². The number of carbonyl (C=O) groups excluding carboxylic acids is 2. The lowest BCUT2D eigenvalue weighted by molar-refractivity contribution is 0.0187. The topological polar surface area (TPSA) is 85.6 Å². The van der Waals surface area contributed by atoms with Crippen molar-refractivity contribution in [1.82, 2.24) is 14.0 Å². The van der Waals surface area contributed by atoms with Gasteiger partial charge in [-0.1, -0.05) is 18.2 Å². The summed E-state index contributed by atoms with van der Waals surface area (Å²) in [6.45, 7) is 7.23. The Balaban J connectivity index is 1.36. The fourth-order valence-electron chi connectivity index (χ4n) is 4.23. The minimum Gasteiger partial charge on any atom is -0.444 e. The molecule has 2 aromatic heterocycles. The van der Waals surface area contributed by atoms with Gasteiger partial charge in [0.05, 0.1) is 6.54 Å². The highest BCUT2D eigenvalue weighted by Crippen LogP contribution is 2.26. The van der Waals surface area contributed by atoms with Crippen LogP contribution in [0.1, 0.15) is 55.7 Å². The third-order valence-electron chi connectivity index (χ3n) is 5.98. The lowest BCUT2D eigenvalue weighted by Crippen LogP contribution is -2.42. The van der Waals surface area contributed by atoms with Crippen LogP contribution in [0.15, 0.2) is 71.8 Å². The molecule has 4 rings (SSSR count). The molecule has 8 heteroatoms. The summed E-state index contributed by atoms with van der Waals surface area (Å²) in [7, 11) is 0. The minimum absolute atomic E-state index is 0.0532. The summed E-state index contributed by atoms with van der Waals surface area (Å²) in [5, 5.41) is 2.97. The molecule has 3 heterocycles. The molecule has 0 spiro atoms. The molecule has 0 atom stereocenters. The molecule has 1 aliphatic heterocycles. The van der Waals surface area contributed by atoms with E-state index in [9.17, 15) is 14.4 Å². The number of likely N-dealkylation sites (tertiary alicyclic amines) is 1. The van der Waals surface area contributed by atoms with E-state index in [2.05, 4.69) is 5.32 Å². The average molecular weight is 477 g/mol. The average Bonchev–Trinajstić information content (AvgIpc) is 3.31. The van der Waals surface area contributed by atoms with Crippen molar-refractivity contribution in [3.63, 3.8) is 0 Å². The zero-order valence-corrected chi connectivity index (χ0v) is 20.4. The van der Waals surface area contributed by atoms with Crippen molar-refractivity contribution in [3.8, 4) is 0 Å². The Morgan fingerprint density at radius 2 is 1.69 bits per heavy atom. The van der Waals surface area contributed by atoms with E-state index >= 15 is 0 Å². The Morgan fingerprint density at radius 3 is 2.34 bits per heavy atom. The van der Waals surface area contributed by atoms with Gasteiger partial charge in [-0.15, -0.1) is 0 Å². The normalized spacial score (nSPS) is 14.5. The molecule has 184 valence electrons. The van der Waals surface area contributed by atoms with E-state index in [4.69, 9.17) is 4.74 Å². The van der Waals surface area contributed by atoms with Crippen LogP contribution in [0.25, 0.3) is 0 Å². The van der Waals surface area contributed by atoms with E-state index in [1.165, 1.54) is 6.07 Å². The van der Waals surface area contributed by atoms with Gasteiger partial charge >= 0.3 is 6.09 Å². The summed E-state index contributed by atoms with van der Waals surface area (Å²) in [6, 6.07) is 16.4. The maximum Gasteiger partial charge on any atom is 0.410 e. The number of carbonyl (C=O) groups is 2. The van der Waals surface area contributed by atoms with Crippen LogP contribution in [0.4, 0.5) is 10.5 Å². The fraction of sp³-hybridized carbons (Fsp3) is 0.370. The zero-order valence-electron chi connectivity index (χ0n) is 20.4. The van der Waals surface area contributed by atoms with Crippen LogP contribution < -0.4 is 10.9 Å². The van der Waals surface area contributed by atoms with Crippen molar-refractivity contribution >= 4 is 17.7 Å². The van der Waals surface area contributed by atoms with Crippen LogP contribution in [0.2, 0.25) is 0 Å². The van der Waals surface area contributed by atoms with Gasteiger partial charge in [-0.25, -0.2) is 4.79 Å². The molecule has 0 bridgehead atoms. The van der Waals surface area contributed by atoms with E-state index in [0.717, 1.165) is 18.4 Å². The number of hydrogen-bond acceptors (Lipinski definition) is 4. The highest BCUT2D eigenvalue weighted by molar-refractivity contribution is 6.03. The number of rotatable bonds is 5. The van der Waals surface area contributed by atoms with Crippen LogP contribution in [-0.4, -0.2) is 44.7 Å². The van der Waals surface area contributed by atoms with E-state index in [1.807, 2.05) is 74.0 Å². The first-order valence-corrected chi connectivity index (χ1v) is 11.9. The van der Waals surface area contributed by atoms with Crippen LogP contribution in [0.3, 0.4) is 0 Å². The van der Waals surface area contributed by atoms with Gasteiger partial charge in [-0.2, -0.15) is 0 Å². The molecule has 1 aromatic carbocycles. The number of amides is 2. The van der Waals surface area contributed by atoms with E-state index in [0.29, 0.717) is 31.0 Å². The Hall–Kier alpha value is -3.81. The van der Waals surface area contributed by atoms with Crippen molar-refractivity contribution in [1.29, 1.82) is 0 Å². The first-order valence-electron chi connectivity index (χ1n) is 11.9. The maximum absolute atomic E-state index is 13.0. The van der Waals surface area contributed by atoms with Crippen LogP contribution in [0, 0.1) is 0 Å². The Labute approximate surface area is 205 Å². The standard InChI is InChI=1S/C27H32N4O4/c1-27(2,3)35-26(34)29-17-13-22(14-18-29)31-16-6-7-23(31)25(33)28-21-11-9-20(10-12-21)19-30-15-5-4-8-24(30)32/h4-12,15-16,22H,13-14,17-19H2,1-3H3,(H,28,33). The summed E-state index contributed by atoms with van der Waals surface area (Å²) < 4.78 is 9.11. The molecule has 0 radical (unpaired) electrons. The number of ether oxygens (including phenoxy) is 1. The number of nitrogens with zero attached hydrogens (tertiary/aromatic N) is 3. The summed E-state index contributed by atoms with van der Waals surface area (Å²) in [4.78, 5) is 39.0. The predicted molar refractivity (Wildman–Crippen MR) is 135 cm³/mol. The van der Waals surface area contributed by atoms with Crippen molar-refractivity contribution in [2.75, 3.05) is 18.4 Å². The number of pyridine rings is 1. The Morgan fingerprint density at radius 1 is 0.971 bits per heavy atom. The molecule has 1 saturated heterocycles. The number of anilines is 1. The third kappa shape index (κ3) is 6.20. The summed E-state index contributed by atoms with van der Waals surface area (Å²) >= 11 is 0. The minimum atomic E-state index is -0.517. The quantitative estimate of drug-likeness (QED) is 0.587. The van der Waals surface area contributed by atoms with Gasteiger partial charge in [0, 0.05) is 43.3 Å². The van der Waals surface area contributed by atoms with Crippen LogP contribution in [-0.2, 0) is 11.3 Å². The highest BCUT2D eigenvalue weighted by atomic mass is 16.6. The molecule has 1 N–H and O–H groups in total. The Bertz CT molecular complexity index is 1230. The monoisotopic (exact) mass is 476 g/mol. The van der Waals surface area contributed by atoms with E-state index in [-0.39, 0.29) is 23.6 Å².